The average Bonchev–Trinajstić information content (AvgIpc) is 2.74. The molecule has 0 spiro atoms. The molecule has 11 heteroatoms. The summed E-state index contributed by atoms with van der Waals surface area (Å²) in [6.07, 6.45) is 1.16. The summed E-state index contributed by atoms with van der Waals surface area (Å²) in [5, 5.41) is 2.19. The number of likely N-dealkylation sites (N-methyl/N-ethyl adjacent to an activating group) is 1. The quantitative estimate of drug-likeness (QED) is 0.589. The third-order valence-electron chi connectivity index (χ3n) is 4.77. The Hall–Kier alpha value is -2.72. The Kier molecular flexibility index (Phi) is 8.57. The van der Waals surface area contributed by atoms with Crippen LogP contribution in [0.15, 0.2) is 42.5 Å². The van der Waals surface area contributed by atoms with E-state index in [1.165, 1.54) is 42.3 Å². The van der Waals surface area contributed by atoms with E-state index in [1.54, 1.807) is 6.92 Å². The highest BCUT2D eigenvalue weighted by atomic mass is 35.5. The van der Waals surface area contributed by atoms with Crippen molar-refractivity contribution in [2.45, 2.75) is 25.9 Å². The summed E-state index contributed by atoms with van der Waals surface area (Å²) in [6.45, 7) is 1.02. The summed E-state index contributed by atoms with van der Waals surface area (Å²) in [6, 6.07) is 7.79. The Labute approximate surface area is 191 Å². The molecule has 0 aliphatic heterocycles. The van der Waals surface area contributed by atoms with Gasteiger partial charge < -0.3 is 10.2 Å². The van der Waals surface area contributed by atoms with Gasteiger partial charge in [-0.25, -0.2) is 17.2 Å². The molecule has 2 amide bonds. The van der Waals surface area contributed by atoms with E-state index >= 15 is 0 Å². The predicted molar refractivity (Wildman–Crippen MR) is 119 cm³/mol. The molecule has 7 nitrogen and oxygen atoms in total. The first-order valence-electron chi connectivity index (χ1n) is 9.66. The van der Waals surface area contributed by atoms with Crippen LogP contribution in [-0.4, -0.2) is 51.0 Å². The van der Waals surface area contributed by atoms with Crippen LogP contribution in [0.4, 0.5) is 14.5 Å². The van der Waals surface area contributed by atoms with Crippen molar-refractivity contribution in [3.05, 3.63) is 64.7 Å². The zero-order valence-corrected chi connectivity index (χ0v) is 19.4. The topological polar surface area (TPSA) is 86.8 Å². The van der Waals surface area contributed by atoms with Crippen LogP contribution in [0, 0.1) is 11.6 Å². The van der Waals surface area contributed by atoms with E-state index < -0.39 is 46.1 Å². The molecule has 0 unspecified atom stereocenters. The molecule has 0 saturated heterocycles. The molecule has 0 bridgehead atoms. The first kappa shape index (κ1) is 25.5. The molecule has 0 saturated carbocycles. The van der Waals surface area contributed by atoms with Crippen LogP contribution in [0.2, 0.25) is 5.02 Å². The number of carbonyl (C=O) groups excluding carboxylic acids is 2. The Balaban J connectivity index is 2.43. The van der Waals surface area contributed by atoms with E-state index in [0.717, 1.165) is 22.7 Å². The second-order valence-electron chi connectivity index (χ2n) is 7.05. The molecule has 32 heavy (non-hydrogen) atoms. The van der Waals surface area contributed by atoms with E-state index in [2.05, 4.69) is 5.32 Å². The lowest BCUT2D eigenvalue weighted by atomic mass is 10.1. The molecule has 2 aromatic carbocycles. The lowest BCUT2D eigenvalue weighted by molar-refractivity contribution is -0.140. The molecular formula is C21H24ClF2N3O4S. The van der Waals surface area contributed by atoms with Gasteiger partial charge in [0.25, 0.3) is 0 Å². The highest BCUT2D eigenvalue weighted by Gasteiger charge is 2.31. The SMILES string of the molecule is CC[C@H](C(=O)NC)N(Cc1ccc(F)cc1)C(=O)CN(c1ccc(F)c(Cl)c1)S(C)(=O)=O. The van der Waals surface area contributed by atoms with Crippen molar-refractivity contribution < 1.29 is 26.8 Å². The molecule has 174 valence electrons. The Morgan fingerprint density at radius 2 is 1.75 bits per heavy atom. The fourth-order valence-corrected chi connectivity index (χ4v) is 4.14. The van der Waals surface area contributed by atoms with E-state index in [4.69, 9.17) is 11.6 Å². The third-order valence-corrected chi connectivity index (χ3v) is 6.20. The molecule has 1 atom stereocenters. The maximum Gasteiger partial charge on any atom is 0.244 e. The van der Waals surface area contributed by atoms with Crippen LogP contribution in [-0.2, 0) is 26.2 Å². The van der Waals surface area contributed by atoms with Crippen LogP contribution >= 0.6 is 11.6 Å². The molecule has 2 aromatic rings. The summed E-state index contributed by atoms with van der Waals surface area (Å²) in [5.74, 6) is -2.30. The standard InChI is InChI=1S/C21H24ClF2N3O4S/c1-4-19(21(29)25-2)26(12-14-5-7-15(23)8-6-14)20(28)13-27(32(3,30)31)16-9-10-18(24)17(22)11-16/h5-11,19H,4,12-13H2,1-3H3,(H,25,29)/t19-/m1/s1. The van der Waals surface area contributed by atoms with Crippen molar-refractivity contribution in [2.75, 3.05) is 24.2 Å². The maximum absolute atomic E-state index is 13.6. The predicted octanol–water partition coefficient (Wildman–Crippen LogP) is 2.94. The first-order valence-corrected chi connectivity index (χ1v) is 11.9. The van der Waals surface area contributed by atoms with Gasteiger partial charge in [-0.1, -0.05) is 30.7 Å². The highest BCUT2D eigenvalue weighted by Crippen LogP contribution is 2.25. The normalized spacial score (nSPS) is 12.2. The number of carbonyl (C=O) groups is 2. The molecule has 1 N–H and O–H groups in total. The average molecular weight is 488 g/mol. The van der Waals surface area contributed by atoms with Crippen LogP contribution in [0.1, 0.15) is 18.9 Å². The van der Waals surface area contributed by atoms with E-state index in [0.29, 0.717) is 5.56 Å². The molecule has 0 aliphatic rings. The molecule has 0 radical (unpaired) electrons. The summed E-state index contributed by atoms with van der Waals surface area (Å²) < 4.78 is 52.4. The van der Waals surface area contributed by atoms with E-state index in [1.807, 2.05) is 0 Å². The van der Waals surface area contributed by atoms with Gasteiger partial charge in [0.2, 0.25) is 21.8 Å². The van der Waals surface area contributed by atoms with Gasteiger partial charge in [-0.2, -0.15) is 0 Å². The van der Waals surface area contributed by atoms with Gasteiger partial charge in [0.05, 0.1) is 17.0 Å². The van der Waals surface area contributed by atoms with Gasteiger partial charge >= 0.3 is 0 Å². The summed E-state index contributed by atoms with van der Waals surface area (Å²) in [4.78, 5) is 26.9. The largest absolute Gasteiger partial charge is 0.357 e. The number of hydrogen-bond acceptors (Lipinski definition) is 4. The zero-order chi connectivity index (χ0) is 24.1. The first-order chi connectivity index (χ1) is 15.0. The molecular weight excluding hydrogens is 464 g/mol. The third kappa shape index (κ3) is 6.39. The van der Waals surface area contributed by atoms with Crippen molar-refractivity contribution in [3.8, 4) is 0 Å². The maximum atomic E-state index is 13.6. The number of amides is 2. The van der Waals surface area contributed by atoms with Crippen molar-refractivity contribution in [1.29, 1.82) is 0 Å². The molecule has 0 heterocycles. The van der Waals surface area contributed by atoms with E-state index in [-0.39, 0.29) is 23.7 Å². The monoisotopic (exact) mass is 487 g/mol. The number of rotatable bonds is 9. The highest BCUT2D eigenvalue weighted by molar-refractivity contribution is 7.92. The van der Waals surface area contributed by atoms with Crippen molar-refractivity contribution in [2.24, 2.45) is 0 Å². The van der Waals surface area contributed by atoms with Crippen LogP contribution in [0.5, 0.6) is 0 Å². The lowest BCUT2D eigenvalue weighted by Crippen LogP contribution is -2.51. The van der Waals surface area contributed by atoms with Crippen molar-refractivity contribution >= 4 is 39.1 Å². The minimum absolute atomic E-state index is 0.00183. The molecule has 0 aromatic heterocycles. The summed E-state index contributed by atoms with van der Waals surface area (Å²) in [7, 11) is -2.53. The fraction of sp³-hybridized carbons (Fsp3) is 0.333. The zero-order valence-electron chi connectivity index (χ0n) is 17.8. The smallest absolute Gasteiger partial charge is 0.244 e. The molecule has 0 aliphatic carbocycles. The number of nitrogens with zero attached hydrogens (tertiary/aromatic N) is 2. The summed E-state index contributed by atoms with van der Waals surface area (Å²) >= 11 is 5.79. The number of hydrogen-bond donors (Lipinski definition) is 1. The molecule has 0 fully saturated rings. The lowest BCUT2D eigenvalue weighted by Gasteiger charge is -2.32. The van der Waals surface area contributed by atoms with Gasteiger partial charge in [-0.15, -0.1) is 0 Å². The van der Waals surface area contributed by atoms with Gasteiger partial charge in [-0.05, 0) is 42.3 Å². The van der Waals surface area contributed by atoms with Crippen LogP contribution in [0.25, 0.3) is 0 Å². The number of benzene rings is 2. The number of halogens is 3. The molecule has 2 rings (SSSR count). The Bertz CT molecular complexity index is 1080. The Morgan fingerprint density at radius 3 is 2.25 bits per heavy atom. The Morgan fingerprint density at radius 1 is 1.12 bits per heavy atom. The number of sulfonamides is 1. The van der Waals surface area contributed by atoms with Crippen molar-refractivity contribution in [3.63, 3.8) is 0 Å². The fourth-order valence-electron chi connectivity index (χ4n) is 3.13. The van der Waals surface area contributed by atoms with Gasteiger partial charge in [0.1, 0.15) is 24.2 Å². The number of anilines is 1. The minimum atomic E-state index is -3.96. The second kappa shape index (κ2) is 10.7. The van der Waals surface area contributed by atoms with Gasteiger partial charge in [0, 0.05) is 13.6 Å². The van der Waals surface area contributed by atoms with E-state index in [9.17, 15) is 26.8 Å². The van der Waals surface area contributed by atoms with Gasteiger partial charge in [0.15, 0.2) is 0 Å². The number of nitrogens with one attached hydrogen (secondary N) is 1. The minimum Gasteiger partial charge on any atom is -0.357 e. The van der Waals surface area contributed by atoms with Crippen LogP contribution < -0.4 is 9.62 Å². The van der Waals surface area contributed by atoms with Gasteiger partial charge in [-0.3, -0.25) is 13.9 Å². The van der Waals surface area contributed by atoms with Crippen molar-refractivity contribution in [1.82, 2.24) is 10.2 Å². The summed E-state index contributed by atoms with van der Waals surface area (Å²) in [5.41, 5.74) is 0.555. The van der Waals surface area contributed by atoms with Crippen LogP contribution in [0.3, 0.4) is 0 Å². The second-order valence-corrected chi connectivity index (χ2v) is 9.37.